The summed E-state index contributed by atoms with van der Waals surface area (Å²) < 4.78 is 56.1. The second-order valence-electron chi connectivity index (χ2n) is 7.82. The number of hydrogen-bond acceptors (Lipinski definition) is 4. The Balaban J connectivity index is 2.16. The van der Waals surface area contributed by atoms with Crippen LogP contribution in [0, 0.1) is 5.92 Å². The molecule has 0 aliphatic heterocycles. The Morgan fingerprint density at radius 1 is 1.00 bits per heavy atom. The van der Waals surface area contributed by atoms with Gasteiger partial charge in [0, 0.05) is 5.92 Å². The van der Waals surface area contributed by atoms with Gasteiger partial charge < -0.3 is 19.5 Å². The van der Waals surface area contributed by atoms with Crippen molar-refractivity contribution >= 4 is 11.5 Å². The molecule has 0 saturated heterocycles. The summed E-state index contributed by atoms with van der Waals surface area (Å²) in [6.45, 7) is 0. The maximum atomic E-state index is 13.3. The van der Waals surface area contributed by atoms with Crippen LogP contribution >= 0.6 is 0 Å². The van der Waals surface area contributed by atoms with Gasteiger partial charge in [-0.15, -0.1) is 0 Å². The third-order valence-electron chi connectivity index (χ3n) is 5.83. The molecule has 1 N–H and O–H groups in total. The number of nitrogens with one attached hydrogen (secondary N) is 1. The fourth-order valence-electron chi connectivity index (χ4n) is 4.30. The van der Waals surface area contributed by atoms with E-state index in [2.05, 4.69) is 11.4 Å². The first-order valence-corrected chi connectivity index (χ1v) is 10.7. The number of halogens is 3. The Kier molecular flexibility index (Phi) is 7.89. The second-order valence-corrected chi connectivity index (χ2v) is 7.82. The molecule has 5 nitrogen and oxygen atoms in total. The minimum absolute atomic E-state index is 0.303. The Morgan fingerprint density at radius 2 is 1.64 bits per heavy atom. The molecule has 0 fully saturated rings. The highest BCUT2D eigenvalue weighted by Gasteiger charge is 2.42. The van der Waals surface area contributed by atoms with Gasteiger partial charge in [0.1, 0.15) is 0 Å². The second kappa shape index (κ2) is 10.6. The summed E-state index contributed by atoms with van der Waals surface area (Å²) in [5.74, 6) is -1.44. The molecule has 8 heteroatoms. The number of ether oxygens (including phenoxy) is 3. The molecule has 2 aromatic rings. The van der Waals surface area contributed by atoms with Gasteiger partial charge in [0.25, 0.3) is 0 Å². The number of hydrogen-bond donors (Lipinski definition) is 1. The lowest BCUT2D eigenvalue weighted by Gasteiger charge is -2.31. The van der Waals surface area contributed by atoms with Gasteiger partial charge in [0.2, 0.25) is 5.75 Å². The van der Waals surface area contributed by atoms with E-state index in [0.29, 0.717) is 29.2 Å². The summed E-state index contributed by atoms with van der Waals surface area (Å²) in [5.41, 5.74) is 2.27. The van der Waals surface area contributed by atoms with Crippen molar-refractivity contribution in [3.63, 3.8) is 0 Å². The average molecular weight is 463 g/mol. The lowest BCUT2D eigenvalue weighted by Crippen LogP contribution is -2.42. The van der Waals surface area contributed by atoms with Crippen molar-refractivity contribution < 1.29 is 32.2 Å². The molecule has 33 heavy (non-hydrogen) atoms. The van der Waals surface area contributed by atoms with E-state index < -0.39 is 18.1 Å². The molecule has 178 valence electrons. The van der Waals surface area contributed by atoms with Gasteiger partial charge in [-0.25, -0.2) is 0 Å². The lowest BCUT2D eigenvalue weighted by molar-refractivity contribution is -0.174. The molecule has 2 atom stereocenters. The van der Waals surface area contributed by atoms with E-state index >= 15 is 0 Å². The van der Waals surface area contributed by atoms with Gasteiger partial charge in [0.15, 0.2) is 11.5 Å². The molecule has 0 heterocycles. The van der Waals surface area contributed by atoms with Crippen LogP contribution in [0.3, 0.4) is 0 Å². The van der Waals surface area contributed by atoms with Crippen LogP contribution in [0.2, 0.25) is 0 Å². The van der Waals surface area contributed by atoms with Gasteiger partial charge >= 0.3 is 12.1 Å². The molecule has 0 spiro atoms. The number of amides is 1. The zero-order valence-electron chi connectivity index (χ0n) is 18.9. The van der Waals surface area contributed by atoms with Crippen LogP contribution in [0.5, 0.6) is 17.2 Å². The van der Waals surface area contributed by atoms with Crippen molar-refractivity contribution in [1.29, 1.82) is 0 Å². The van der Waals surface area contributed by atoms with Crippen LogP contribution < -0.4 is 19.5 Å². The molecular weight excluding hydrogens is 435 g/mol. The van der Waals surface area contributed by atoms with Crippen molar-refractivity contribution in [2.75, 3.05) is 21.3 Å². The molecule has 3 rings (SSSR count). The number of benzene rings is 2. The molecule has 0 bridgehead atoms. The van der Waals surface area contributed by atoms with E-state index in [-0.39, 0.29) is 5.92 Å². The lowest BCUT2D eigenvalue weighted by atomic mass is 9.81. The van der Waals surface area contributed by atoms with E-state index in [1.807, 2.05) is 30.3 Å². The summed E-state index contributed by atoms with van der Waals surface area (Å²) in [5, 5.41) is 2.25. The molecular formula is C25H28F3NO4. The van der Waals surface area contributed by atoms with Gasteiger partial charge in [-0.1, -0.05) is 42.8 Å². The first-order chi connectivity index (χ1) is 15.8. The van der Waals surface area contributed by atoms with E-state index in [0.717, 1.165) is 30.4 Å². The predicted octanol–water partition coefficient (Wildman–Crippen LogP) is 5.71. The van der Waals surface area contributed by atoms with Crippen molar-refractivity contribution in [2.45, 2.75) is 37.9 Å². The fraction of sp³-hybridized carbons (Fsp3) is 0.400. The predicted molar refractivity (Wildman–Crippen MR) is 119 cm³/mol. The highest BCUT2D eigenvalue weighted by atomic mass is 19.4. The highest BCUT2D eigenvalue weighted by Crippen LogP contribution is 2.45. The van der Waals surface area contributed by atoms with Crippen LogP contribution in [0.25, 0.3) is 5.57 Å². The number of carbonyl (C=O) groups excluding carboxylic acids is 1. The topological polar surface area (TPSA) is 56.8 Å². The zero-order chi connectivity index (χ0) is 24.0. The van der Waals surface area contributed by atoms with Crippen LogP contribution in [0.1, 0.15) is 42.9 Å². The number of carbonyl (C=O) groups is 1. The third kappa shape index (κ3) is 5.61. The van der Waals surface area contributed by atoms with E-state index in [4.69, 9.17) is 14.2 Å². The highest BCUT2D eigenvalue weighted by molar-refractivity contribution is 5.83. The van der Waals surface area contributed by atoms with E-state index in [1.54, 1.807) is 12.1 Å². The minimum atomic E-state index is -5.01. The minimum Gasteiger partial charge on any atom is -0.493 e. The number of rotatable bonds is 7. The largest absolute Gasteiger partial charge is 0.493 e. The Bertz CT molecular complexity index is 964. The quantitative estimate of drug-likeness (QED) is 0.572. The zero-order valence-corrected chi connectivity index (χ0v) is 18.9. The van der Waals surface area contributed by atoms with Gasteiger partial charge in [0.05, 0.1) is 27.4 Å². The molecule has 1 aliphatic carbocycles. The molecule has 0 saturated carbocycles. The fourth-order valence-corrected chi connectivity index (χ4v) is 4.30. The molecule has 0 radical (unpaired) electrons. The number of allylic oxidation sites excluding steroid dienone is 1. The number of methoxy groups -OCH3 is 3. The van der Waals surface area contributed by atoms with Crippen LogP contribution in [0.15, 0.2) is 48.5 Å². The standard InChI is InChI=1S/C25H28F3NO4/c1-31-20-14-17(15-21(32-2)23(20)33-3)22(29-24(30)25(26,27)28)19-13-9-5-8-12-18(19)16-10-6-4-7-11-16/h4,6-7,10-12,14-15,19,22H,5,8-9,13H2,1-3H3,(H,29,30). The summed E-state index contributed by atoms with van der Waals surface area (Å²) in [6.07, 6.45) is 0.219. The van der Waals surface area contributed by atoms with Crippen molar-refractivity contribution in [1.82, 2.24) is 5.32 Å². The van der Waals surface area contributed by atoms with Crippen molar-refractivity contribution in [3.05, 3.63) is 59.7 Å². The molecule has 0 aromatic heterocycles. The normalized spacial score (nSPS) is 17.4. The van der Waals surface area contributed by atoms with Crippen LogP contribution in [-0.4, -0.2) is 33.4 Å². The third-order valence-corrected chi connectivity index (χ3v) is 5.83. The number of alkyl halides is 3. The smallest absolute Gasteiger partial charge is 0.471 e. The molecule has 2 aromatic carbocycles. The monoisotopic (exact) mass is 463 g/mol. The van der Waals surface area contributed by atoms with E-state index in [1.165, 1.54) is 21.3 Å². The summed E-state index contributed by atoms with van der Waals surface area (Å²) in [7, 11) is 4.32. The van der Waals surface area contributed by atoms with Crippen LogP contribution in [0.4, 0.5) is 13.2 Å². The maximum Gasteiger partial charge on any atom is 0.471 e. The van der Waals surface area contributed by atoms with Crippen LogP contribution in [-0.2, 0) is 4.79 Å². The molecule has 2 unspecified atom stereocenters. The Labute approximate surface area is 191 Å². The van der Waals surface area contributed by atoms with Gasteiger partial charge in [-0.05, 0) is 48.1 Å². The first kappa shape index (κ1) is 24.5. The average Bonchev–Trinajstić information content (AvgIpc) is 3.07. The molecule has 1 aliphatic rings. The maximum absolute atomic E-state index is 13.3. The van der Waals surface area contributed by atoms with E-state index in [9.17, 15) is 18.0 Å². The van der Waals surface area contributed by atoms with Gasteiger partial charge in [-0.3, -0.25) is 4.79 Å². The van der Waals surface area contributed by atoms with Gasteiger partial charge in [-0.2, -0.15) is 13.2 Å². The Hall–Kier alpha value is -3.16. The summed E-state index contributed by atoms with van der Waals surface area (Å²) in [4.78, 5) is 12.1. The molecule has 1 amide bonds. The first-order valence-electron chi connectivity index (χ1n) is 10.7. The van der Waals surface area contributed by atoms with Crippen molar-refractivity contribution in [2.24, 2.45) is 5.92 Å². The Morgan fingerprint density at radius 3 is 2.18 bits per heavy atom. The summed E-state index contributed by atoms with van der Waals surface area (Å²) in [6, 6.07) is 11.8. The van der Waals surface area contributed by atoms with Crippen molar-refractivity contribution in [3.8, 4) is 17.2 Å². The SMILES string of the molecule is COc1cc(C(NC(=O)C(F)(F)F)C2CCCCC=C2c2ccccc2)cc(OC)c1OC. The summed E-state index contributed by atoms with van der Waals surface area (Å²) >= 11 is 0.